The van der Waals surface area contributed by atoms with Crippen molar-refractivity contribution in [3.05, 3.63) is 23.8 Å². The molecule has 1 N–H and O–H groups in total. The molecule has 5 heteroatoms. The predicted molar refractivity (Wildman–Crippen MR) is 72.4 cm³/mol. The van der Waals surface area contributed by atoms with Crippen molar-refractivity contribution in [3.63, 3.8) is 0 Å². The Morgan fingerprint density at radius 2 is 2.29 bits per heavy atom. The van der Waals surface area contributed by atoms with Crippen LogP contribution < -0.4 is 10.1 Å². The van der Waals surface area contributed by atoms with E-state index in [9.17, 15) is 4.79 Å². The SMILES string of the molecule is COc1cc(SC)ccc1C(=O)NCCCCl. The molecule has 0 aromatic heterocycles. The van der Waals surface area contributed by atoms with Gasteiger partial charge in [0.25, 0.3) is 5.91 Å². The minimum absolute atomic E-state index is 0.125. The molecule has 0 bridgehead atoms. The van der Waals surface area contributed by atoms with Crippen molar-refractivity contribution in [3.8, 4) is 5.75 Å². The molecule has 0 radical (unpaired) electrons. The van der Waals surface area contributed by atoms with E-state index in [0.29, 0.717) is 23.7 Å². The quantitative estimate of drug-likeness (QED) is 0.492. The molecule has 0 aliphatic rings. The smallest absolute Gasteiger partial charge is 0.255 e. The molecule has 0 saturated carbocycles. The van der Waals surface area contributed by atoms with Gasteiger partial charge in [0.15, 0.2) is 0 Å². The van der Waals surface area contributed by atoms with E-state index in [2.05, 4.69) is 5.32 Å². The van der Waals surface area contributed by atoms with Gasteiger partial charge < -0.3 is 10.1 Å². The van der Waals surface area contributed by atoms with Crippen LogP contribution in [0.2, 0.25) is 0 Å². The summed E-state index contributed by atoms with van der Waals surface area (Å²) < 4.78 is 5.22. The van der Waals surface area contributed by atoms with E-state index in [4.69, 9.17) is 16.3 Å². The van der Waals surface area contributed by atoms with Gasteiger partial charge >= 0.3 is 0 Å². The standard InChI is InChI=1S/C12H16ClNO2S/c1-16-11-8-9(17-2)4-5-10(11)12(15)14-7-3-6-13/h4-5,8H,3,6-7H2,1-2H3,(H,14,15). The second-order valence-electron chi connectivity index (χ2n) is 3.36. The van der Waals surface area contributed by atoms with Gasteiger partial charge in [0.1, 0.15) is 5.75 Å². The first-order valence-electron chi connectivity index (χ1n) is 5.29. The molecule has 0 aliphatic heterocycles. The fourth-order valence-corrected chi connectivity index (χ4v) is 1.91. The lowest BCUT2D eigenvalue weighted by atomic mass is 10.2. The van der Waals surface area contributed by atoms with Gasteiger partial charge in [-0.05, 0) is 30.9 Å². The highest BCUT2D eigenvalue weighted by atomic mass is 35.5. The van der Waals surface area contributed by atoms with Gasteiger partial charge in [0, 0.05) is 17.3 Å². The molecular formula is C12H16ClNO2S. The maximum absolute atomic E-state index is 11.9. The van der Waals surface area contributed by atoms with Crippen LogP contribution in [0.25, 0.3) is 0 Å². The lowest BCUT2D eigenvalue weighted by Crippen LogP contribution is -2.25. The average molecular weight is 274 g/mol. The molecule has 0 saturated heterocycles. The van der Waals surface area contributed by atoms with Gasteiger partial charge in [0.2, 0.25) is 0 Å². The molecule has 0 heterocycles. The molecule has 0 unspecified atom stereocenters. The van der Waals surface area contributed by atoms with Gasteiger partial charge in [-0.25, -0.2) is 0 Å². The summed E-state index contributed by atoms with van der Waals surface area (Å²) >= 11 is 7.16. The van der Waals surface area contributed by atoms with E-state index in [1.807, 2.05) is 18.4 Å². The van der Waals surface area contributed by atoms with Crippen molar-refractivity contribution in [2.45, 2.75) is 11.3 Å². The lowest BCUT2D eigenvalue weighted by molar-refractivity contribution is 0.0950. The number of thioether (sulfide) groups is 1. The molecular weight excluding hydrogens is 258 g/mol. The van der Waals surface area contributed by atoms with Gasteiger partial charge in [-0.1, -0.05) is 0 Å². The topological polar surface area (TPSA) is 38.3 Å². The van der Waals surface area contributed by atoms with E-state index in [1.54, 1.807) is 24.9 Å². The first-order chi connectivity index (χ1) is 8.22. The number of amides is 1. The van der Waals surface area contributed by atoms with Crippen molar-refractivity contribution in [1.82, 2.24) is 5.32 Å². The number of hydrogen-bond donors (Lipinski definition) is 1. The number of ether oxygens (including phenoxy) is 1. The highest BCUT2D eigenvalue weighted by molar-refractivity contribution is 7.98. The number of rotatable bonds is 6. The monoisotopic (exact) mass is 273 g/mol. The van der Waals surface area contributed by atoms with Crippen LogP contribution in [-0.4, -0.2) is 31.7 Å². The van der Waals surface area contributed by atoms with Crippen LogP contribution in [0.5, 0.6) is 5.75 Å². The molecule has 0 spiro atoms. The van der Waals surface area contributed by atoms with Crippen molar-refractivity contribution in [1.29, 1.82) is 0 Å². The van der Waals surface area contributed by atoms with E-state index in [1.165, 1.54) is 0 Å². The van der Waals surface area contributed by atoms with Gasteiger partial charge in [-0.15, -0.1) is 23.4 Å². The van der Waals surface area contributed by atoms with E-state index in [0.717, 1.165) is 11.3 Å². The molecule has 1 aromatic rings. The Morgan fingerprint density at radius 1 is 1.53 bits per heavy atom. The predicted octanol–water partition coefficient (Wildman–Crippen LogP) is 2.78. The van der Waals surface area contributed by atoms with E-state index >= 15 is 0 Å². The third-order valence-corrected chi connectivity index (χ3v) is 3.24. The number of carbonyl (C=O) groups is 1. The van der Waals surface area contributed by atoms with Crippen LogP contribution >= 0.6 is 23.4 Å². The largest absolute Gasteiger partial charge is 0.496 e. The number of carbonyl (C=O) groups excluding carboxylic acids is 1. The van der Waals surface area contributed by atoms with Gasteiger partial charge in [-0.2, -0.15) is 0 Å². The summed E-state index contributed by atoms with van der Waals surface area (Å²) in [7, 11) is 1.56. The fourth-order valence-electron chi connectivity index (χ4n) is 1.35. The second kappa shape index (κ2) is 7.45. The zero-order valence-corrected chi connectivity index (χ0v) is 11.5. The number of methoxy groups -OCH3 is 1. The van der Waals surface area contributed by atoms with Crippen LogP contribution in [0.1, 0.15) is 16.8 Å². The number of benzene rings is 1. The summed E-state index contributed by atoms with van der Waals surface area (Å²) in [5, 5.41) is 2.80. The minimum atomic E-state index is -0.125. The van der Waals surface area contributed by atoms with Crippen LogP contribution in [0.4, 0.5) is 0 Å². The van der Waals surface area contributed by atoms with Crippen molar-refractivity contribution >= 4 is 29.3 Å². The van der Waals surface area contributed by atoms with Crippen LogP contribution in [0, 0.1) is 0 Å². The summed E-state index contributed by atoms with van der Waals surface area (Å²) in [4.78, 5) is 12.9. The van der Waals surface area contributed by atoms with Crippen molar-refractivity contribution in [2.75, 3.05) is 25.8 Å². The molecule has 1 amide bonds. The molecule has 1 aromatic carbocycles. The maximum atomic E-state index is 11.9. The third kappa shape index (κ3) is 4.13. The Morgan fingerprint density at radius 3 is 2.88 bits per heavy atom. The zero-order chi connectivity index (χ0) is 12.7. The normalized spacial score (nSPS) is 10.1. The van der Waals surface area contributed by atoms with Gasteiger partial charge in [-0.3, -0.25) is 4.79 Å². The summed E-state index contributed by atoms with van der Waals surface area (Å²) in [5.74, 6) is 1.02. The number of alkyl halides is 1. The van der Waals surface area contributed by atoms with Crippen LogP contribution in [0.15, 0.2) is 23.1 Å². The number of halogens is 1. The number of hydrogen-bond acceptors (Lipinski definition) is 3. The Hall–Kier alpha value is -0.870. The summed E-state index contributed by atoms with van der Waals surface area (Å²) in [6.45, 7) is 0.579. The zero-order valence-electron chi connectivity index (χ0n) is 9.96. The minimum Gasteiger partial charge on any atom is -0.496 e. The Labute approximate surface area is 111 Å². The molecule has 94 valence electrons. The van der Waals surface area contributed by atoms with Crippen LogP contribution in [0.3, 0.4) is 0 Å². The van der Waals surface area contributed by atoms with E-state index in [-0.39, 0.29) is 5.91 Å². The molecule has 17 heavy (non-hydrogen) atoms. The third-order valence-electron chi connectivity index (χ3n) is 2.25. The van der Waals surface area contributed by atoms with Gasteiger partial charge in [0.05, 0.1) is 12.7 Å². The summed E-state index contributed by atoms with van der Waals surface area (Å²) in [6.07, 6.45) is 2.74. The first-order valence-corrected chi connectivity index (χ1v) is 7.05. The molecule has 3 nitrogen and oxygen atoms in total. The fraction of sp³-hybridized carbons (Fsp3) is 0.417. The Bertz CT molecular complexity index is 385. The molecule has 1 rings (SSSR count). The first kappa shape index (κ1) is 14.2. The molecule has 0 atom stereocenters. The molecule has 0 aliphatic carbocycles. The van der Waals surface area contributed by atoms with Crippen molar-refractivity contribution in [2.24, 2.45) is 0 Å². The average Bonchev–Trinajstić information content (AvgIpc) is 2.38. The van der Waals surface area contributed by atoms with E-state index < -0.39 is 0 Å². The molecule has 0 fully saturated rings. The van der Waals surface area contributed by atoms with Crippen molar-refractivity contribution < 1.29 is 9.53 Å². The maximum Gasteiger partial charge on any atom is 0.255 e. The summed E-state index contributed by atoms with van der Waals surface area (Å²) in [5.41, 5.74) is 0.555. The lowest BCUT2D eigenvalue weighted by Gasteiger charge is -2.10. The highest BCUT2D eigenvalue weighted by Gasteiger charge is 2.11. The second-order valence-corrected chi connectivity index (χ2v) is 4.62. The Kier molecular flexibility index (Phi) is 6.22. The van der Waals surface area contributed by atoms with Crippen LogP contribution in [-0.2, 0) is 0 Å². The number of nitrogens with one attached hydrogen (secondary N) is 1. The Balaban J connectivity index is 2.78. The summed E-state index contributed by atoms with van der Waals surface area (Å²) in [6, 6.07) is 5.55. The highest BCUT2D eigenvalue weighted by Crippen LogP contribution is 2.25.